The molecule has 1 aliphatic rings. The molecule has 2 heterocycles. The molecule has 1 aliphatic heterocycles. The van der Waals surface area contributed by atoms with Crippen LogP contribution in [0, 0.1) is 0 Å². The van der Waals surface area contributed by atoms with Gasteiger partial charge in [-0.05, 0) is 32.0 Å². The molecule has 6 heteroatoms. The number of hydrogen-bond donors (Lipinski definition) is 2. The largest absolute Gasteiger partial charge is 0.399 e. The molecule has 0 aliphatic carbocycles. The Morgan fingerprint density at radius 1 is 1.43 bits per heavy atom. The number of nitrogen functional groups attached to an aromatic ring is 1. The molecule has 0 spiro atoms. The van der Waals surface area contributed by atoms with Crippen molar-refractivity contribution in [2.75, 3.05) is 30.3 Å². The van der Waals surface area contributed by atoms with Crippen molar-refractivity contribution in [3.63, 3.8) is 0 Å². The number of ether oxygens (including phenoxy) is 1. The highest BCUT2D eigenvalue weighted by atomic mass is 16.5. The second-order valence-electron chi connectivity index (χ2n) is 6.04. The lowest BCUT2D eigenvalue weighted by Crippen LogP contribution is -2.54. The number of aliphatic hydroxyl groups is 1. The topological polar surface area (TPSA) is 84.5 Å². The third-order valence-corrected chi connectivity index (χ3v) is 3.62. The number of nitrogens with two attached hydrogens (primary N) is 1. The van der Waals surface area contributed by atoms with Gasteiger partial charge in [0.05, 0.1) is 23.8 Å². The molecule has 1 atom stereocenters. The van der Waals surface area contributed by atoms with Crippen LogP contribution < -0.4 is 10.6 Å². The second-order valence-corrected chi connectivity index (χ2v) is 6.04. The van der Waals surface area contributed by atoms with E-state index in [1.54, 1.807) is 6.33 Å². The monoisotopic (exact) mass is 288 g/mol. The average Bonchev–Trinajstić information content (AvgIpc) is 2.44. The van der Waals surface area contributed by atoms with Gasteiger partial charge >= 0.3 is 0 Å². The lowest BCUT2D eigenvalue weighted by atomic mass is 10.0. The van der Waals surface area contributed by atoms with Gasteiger partial charge in [0.25, 0.3) is 0 Å². The third-order valence-electron chi connectivity index (χ3n) is 3.62. The first kappa shape index (κ1) is 14.0. The number of benzene rings is 1. The smallest absolute Gasteiger partial charge is 0.140 e. The number of hydrogen-bond acceptors (Lipinski definition) is 6. The van der Waals surface area contributed by atoms with Crippen molar-refractivity contribution in [1.29, 1.82) is 0 Å². The van der Waals surface area contributed by atoms with Crippen molar-refractivity contribution < 1.29 is 9.84 Å². The Kier molecular flexibility index (Phi) is 3.43. The molecule has 21 heavy (non-hydrogen) atoms. The lowest BCUT2D eigenvalue weighted by molar-refractivity contribution is -0.101. The number of aliphatic hydroxyl groups excluding tert-OH is 1. The van der Waals surface area contributed by atoms with Crippen molar-refractivity contribution >= 4 is 22.4 Å². The van der Waals surface area contributed by atoms with Crippen LogP contribution in [-0.4, -0.2) is 46.5 Å². The van der Waals surface area contributed by atoms with Gasteiger partial charge in [0.15, 0.2) is 0 Å². The van der Waals surface area contributed by atoms with Crippen LogP contribution in [0.4, 0.5) is 11.5 Å². The Morgan fingerprint density at radius 2 is 2.24 bits per heavy atom. The molecule has 1 unspecified atom stereocenters. The van der Waals surface area contributed by atoms with Gasteiger partial charge in [-0.25, -0.2) is 9.97 Å². The number of anilines is 2. The van der Waals surface area contributed by atoms with Crippen molar-refractivity contribution in [1.82, 2.24) is 9.97 Å². The van der Waals surface area contributed by atoms with Gasteiger partial charge in [0.1, 0.15) is 12.1 Å². The minimum atomic E-state index is -0.337. The van der Waals surface area contributed by atoms with E-state index in [1.165, 1.54) is 0 Å². The number of rotatable bonds is 2. The van der Waals surface area contributed by atoms with E-state index in [9.17, 15) is 5.11 Å². The standard InChI is InChI=1S/C15H20N4O2/c1-15(2)8-19(6-11(7-20)21-15)14-12-4-3-10(16)5-13(12)17-9-18-14/h3-5,9,11,20H,6-8,16H2,1-2H3. The molecule has 0 bridgehead atoms. The highest BCUT2D eigenvalue weighted by Gasteiger charge is 2.34. The van der Waals surface area contributed by atoms with E-state index < -0.39 is 0 Å². The predicted molar refractivity (Wildman–Crippen MR) is 82.2 cm³/mol. The summed E-state index contributed by atoms with van der Waals surface area (Å²) < 4.78 is 5.85. The van der Waals surface area contributed by atoms with E-state index in [0.29, 0.717) is 18.8 Å². The summed E-state index contributed by atoms with van der Waals surface area (Å²) in [7, 11) is 0. The Hall–Kier alpha value is -1.92. The van der Waals surface area contributed by atoms with Gasteiger partial charge in [-0.1, -0.05) is 0 Å². The van der Waals surface area contributed by atoms with Gasteiger partial charge in [-0.15, -0.1) is 0 Å². The van der Waals surface area contributed by atoms with E-state index >= 15 is 0 Å². The molecule has 6 nitrogen and oxygen atoms in total. The van der Waals surface area contributed by atoms with Crippen molar-refractivity contribution in [3.05, 3.63) is 24.5 Å². The summed E-state index contributed by atoms with van der Waals surface area (Å²) in [5.41, 5.74) is 6.98. The fourth-order valence-corrected chi connectivity index (χ4v) is 2.86. The number of fused-ring (bicyclic) bond motifs is 1. The van der Waals surface area contributed by atoms with Crippen LogP contribution >= 0.6 is 0 Å². The van der Waals surface area contributed by atoms with Crippen LogP contribution in [0.25, 0.3) is 10.9 Å². The molecule has 3 N–H and O–H groups in total. The lowest BCUT2D eigenvalue weighted by Gasteiger charge is -2.43. The van der Waals surface area contributed by atoms with Crippen LogP contribution in [0.15, 0.2) is 24.5 Å². The Balaban J connectivity index is 2.03. The van der Waals surface area contributed by atoms with Crippen LogP contribution in [0.2, 0.25) is 0 Å². The maximum Gasteiger partial charge on any atom is 0.140 e. The Bertz CT molecular complexity index is 659. The van der Waals surface area contributed by atoms with Crippen molar-refractivity contribution in [2.45, 2.75) is 25.6 Å². The number of aromatic nitrogens is 2. The second kappa shape index (κ2) is 5.13. The summed E-state index contributed by atoms with van der Waals surface area (Å²) in [6.07, 6.45) is 1.33. The van der Waals surface area contributed by atoms with Crippen LogP contribution in [0.1, 0.15) is 13.8 Å². The highest BCUT2D eigenvalue weighted by molar-refractivity contribution is 5.91. The maximum absolute atomic E-state index is 9.44. The van der Waals surface area contributed by atoms with E-state index in [2.05, 4.69) is 14.9 Å². The first-order chi connectivity index (χ1) is 9.98. The number of nitrogens with zero attached hydrogens (tertiary/aromatic N) is 3. The zero-order valence-corrected chi connectivity index (χ0v) is 12.3. The third kappa shape index (κ3) is 2.77. The first-order valence-corrected chi connectivity index (χ1v) is 7.02. The van der Waals surface area contributed by atoms with Crippen molar-refractivity contribution in [3.8, 4) is 0 Å². The normalized spacial score (nSPS) is 21.7. The van der Waals surface area contributed by atoms with E-state index in [4.69, 9.17) is 10.5 Å². The molecule has 112 valence electrons. The summed E-state index contributed by atoms with van der Waals surface area (Å²) in [5.74, 6) is 0.856. The first-order valence-electron chi connectivity index (χ1n) is 7.02. The van der Waals surface area contributed by atoms with Crippen molar-refractivity contribution in [2.24, 2.45) is 0 Å². The average molecular weight is 288 g/mol. The molecule has 3 rings (SSSR count). The Labute approximate surface area is 123 Å². The fraction of sp³-hybridized carbons (Fsp3) is 0.467. The van der Waals surface area contributed by atoms with Gasteiger partial charge in [0, 0.05) is 24.2 Å². The maximum atomic E-state index is 9.44. The number of morpholine rings is 1. The van der Waals surface area contributed by atoms with E-state index in [-0.39, 0.29) is 18.3 Å². The summed E-state index contributed by atoms with van der Waals surface area (Å²) in [6, 6.07) is 5.64. The predicted octanol–water partition coefficient (Wildman–Crippen LogP) is 1.19. The summed E-state index contributed by atoms with van der Waals surface area (Å²) in [6.45, 7) is 5.35. The van der Waals surface area contributed by atoms with Gasteiger partial charge in [0.2, 0.25) is 0 Å². The van der Waals surface area contributed by atoms with Crippen LogP contribution in [-0.2, 0) is 4.74 Å². The van der Waals surface area contributed by atoms with Crippen LogP contribution in [0.3, 0.4) is 0 Å². The minimum absolute atomic E-state index is 0.00407. The molecule has 1 aromatic heterocycles. The Morgan fingerprint density at radius 3 is 3.00 bits per heavy atom. The zero-order valence-electron chi connectivity index (χ0n) is 12.3. The molecule has 2 aromatic rings. The van der Waals surface area contributed by atoms with E-state index in [0.717, 1.165) is 16.7 Å². The molecule has 0 radical (unpaired) electrons. The van der Waals surface area contributed by atoms with Gasteiger partial charge < -0.3 is 20.5 Å². The molecule has 0 saturated carbocycles. The fourth-order valence-electron chi connectivity index (χ4n) is 2.86. The van der Waals surface area contributed by atoms with Gasteiger partial charge in [-0.2, -0.15) is 0 Å². The quantitative estimate of drug-likeness (QED) is 0.807. The molecule has 1 aromatic carbocycles. The minimum Gasteiger partial charge on any atom is -0.399 e. The zero-order chi connectivity index (χ0) is 15.0. The summed E-state index contributed by atoms with van der Waals surface area (Å²) in [5, 5.41) is 10.4. The molecule has 0 amide bonds. The molecular weight excluding hydrogens is 268 g/mol. The SMILES string of the molecule is CC1(C)CN(c2ncnc3cc(N)ccc23)CC(CO)O1. The molecular formula is C15H20N4O2. The summed E-state index contributed by atoms with van der Waals surface area (Å²) in [4.78, 5) is 10.8. The summed E-state index contributed by atoms with van der Waals surface area (Å²) >= 11 is 0. The molecule has 1 fully saturated rings. The highest BCUT2D eigenvalue weighted by Crippen LogP contribution is 2.29. The molecule has 1 saturated heterocycles. The van der Waals surface area contributed by atoms with Crippen LogP contribution in [0.5, 0.6) is 0 Å². The van der Waals surface area contributed by atoms with E-state index in [1.807, 2.05) is 32.0 Å². The van der Waals surface area contributed by atoms with Gasteiger partial charge in [-0.3, -0.25) is 0 Å².